The summed E-state index contributed by atoms with van der Waals surface area (Å²) in [5.41, 5.74) is 7.57. The predicted octanol–water partition coefficient (Wildman–Crippen LogP) is 1.57. The predicted molar refractivity (Wildman–Crippen MR) is 56.5 cm³/mol. The van der Waals surface area contributed by atoms with Crippen molar-refractivity contribution in [3.63, 3.8) is 0 Å². The highest BCUT2D eigenvalue weighted by Crippen LogP contribution is 2.09. The smallest absolute Gasteiger partial charge is 0.123 e. The number of benzene rings is 1. The zero-order chi connectivity index (χ0) is 10.6. The molecular weight excluding hydrogens is 179 g/mol. The van der Waals surface area contributed by atoms with E-state index in [-0.39, 0.29) is 5.82 Å². The Morgan fingerprint density at radius 1 is 1.50 bits per heavy atom. The van der Waals surface area contributed by atoms with Crippen LogP contribution in [0.1, 0.15) is 18.1 Å². The van der Waals surface area contributed by atoms with Gasteiger partial charge in [-0.3, -0.25) is 0 Å². The Labute approximate surface area is 84.3 Å². The average Bonchev–Trinajstić information content (AvgIpc) is 2.16. The van der Waals surface area contributed by atoms with Crippen LogP contribution in [-0.2, 0) is 6.54 Å². The fraction of sp³-hybridized carbons (Fsp3) is 0.455. The van der Waals surface area contributed by atoms with E-state index in [9.17, 15) is 4.39 Å². The molecule has 3 heteroatoms. The molecule has 1 rings (SSSR count). The van der Waals surface area contributed by atoms with Crippen molar-refractivity contribution in [2.45, 2.75) is 26.4 Å². The molecule has 1 aromatic carbocycles. The first-order valence-corrected chi connectivity index (χ1v) is 4.82. The van der Waals surface area contributed by atoms with E-state index in [1.165, 1.54) is 6.07 Å². The van der Waals surface area contributed by atoms with Crippen molar-refractivity contribution in [2.75, 3.05) is 6.54 Å². The molecule has 0 spiro atoms. The molecule has 0 heterocycles. The van der Waals surface area contributed by atoms with E-state index in [1.807, 2.05) is 13.8 Å². The zero-order valence-electron chi connectivity index (χ0n) is 8.68. The van der Waals surface area contributed by atoms with Gasteiger partial charge in [0.25, 0.3) is 0 Å². The molecule has 0 saturated heterocycles. The van der Waals surface area contributed by atoms with E-state index in [4.69, 9.17) is 5.73 Å². The summed E-state index contributed by atoms with van der Waals surface area (Å²) in [6, 6.07) is 5.13. The Kier molecular flexibility index (Phi) is 4.04. The largest absolute Gasteiger partial charge is 0.329 e. The third-order valence-corrected chi connectivity index (χ3v) is 2.30. The molecule has 1 unspecified atom stereocenters. The third kappa shape index (κ3) is 3.09. The molecule has 0 aliphatic heterocycles. The molecule has 0 saturated carbocycles. The first kappa shape index (κ1) is 11.1. The third-order valence-electron chi connectivity index (χ3n) is 2.30. The van der Waals surface area contributed by atoms with Crippen LogP contribution in [0.2, 0.25) is 0 Å². The summed E-state index contributed by atoms with van der Waals surface area (Å²) in [5, 5.41) is 3.26. The normalized spacial score (nSPS) is 12.9. The maximum absolute atomic E-state index is 12.8. The van der Waals surface area contributed by atoms with Crippen LogP contribution in [0.5, 0.6) is 0 Å². The van der Waals surface area contributed by atoms with Crippen molar-refractivity contribution in [3.8, 4) is 0 Å². The summed E-state index contributed by atoms with van der Waals surface area (Å²) in [4.78, 5) is 0. The first-order valence-electron chi connectivity index (χ1n) is 4.82. The molecule has 0 bridgehead atoms. The standard InChI is InChI=1S/C11H17FN2/c1-8-5-11(12)4-3-10(8)7-14-9(2)6-13/h3-5,9,14H,6-7,13H2,1-2H3. The minimum absolute atomic E-state index is 0.182. The van der Waals surface area contributed by atoms with Gasteiger partial charge in [0.2, 0.25) is 0 Å². The molecule has 78 valence electrons. The van der Waals surface area contributed by atoms with Crippen LogP contribution in [-0.4, -0.2) is 12.6 Å². The van der Waals surface area contributed by atoms with E-state index in [2.05, 4.69) is 5.32 Å². The van der Waals surface area contributed by atoms with Gasteiger partial charge in [0, 0.05) is 19.1 Å². The van der Waals surface area contributed by atoms with Crippen molar-refractivity contribution < 1.29 is 4.39 Å². The molecule has 2 nitrogen and oxygen atoms in total. The summed E-state index contributed by atoms with van der Waals surface area (Å²) in [6.45, 7) is 5.29. The van der Waals surface area contributed by atoms with Gasteiger partial charge in [-0.05, 0) is 37.1 Å². The van der Waals surface area contributed by atoms with Gasteiger partial charge in [0.15, 0.2) is 0 Å². The monoisotopic (exact) mass is 196 g/mol. The molecule has 0 fully saturated rings. The van der Waals surface area contributed by atoms with E-state index >= 15 is 0 Å². The molecule has 0 radical (unpaired) electrons. The van der Waals surface area contributed by atoms with Crippen LogP contribution < -0.4 is 11.1 Å². The van der Waals surface area contributed by atoms with Gasteiger partial charge in [0.05, 0.1) is 0 Å². The average molecular weight is 196 g/mol. The molecule has 0 amide bonds. The summed E-state index contributed by atoms with van der Waals surface area (Å²) in [6.07, 6.45) is 0. The first-order chi connectivity index (χ1) is 6.63. The van der Waals surface area contributed by atoms with Crippen LogP contribution in [0.3, 0.4) is 0 Å². The van der Waals surface area contributed by atoms with Crippen molar-refractivity contribution in [3.05, 3.63) is 35.1 Å². The van der Waals surface area contributed by atoms with E-state index in [0.29, 0.717) is 12.6 Å². The molecule has 1 atom stereocenters. The van der Waals surface area contributed by atoms with Crippen LogP contribution in [0.4, 0.5) is 4.39 Å². The second-order valence-corrected chi connectivity index (χ2v) is 3.59. The van der Waals surface area contributed by atoms with Crippen molar-refractivity contribution >= 4 is 0 Å². The Hall–Kier alpha value is -0.930. The molecule has 1 aromatic rings. The van der Waals surface area contributed by atoms with Gasteiger partial charge in [-0.2, -0.15) is 0 Å². The maximum Gasteiger partial charge on any atom is 0.123 e. The number of nitrogens with two attached hydrogens (primary N) is 1. The zero-order valence-corrected chi connectivity index (χ0v) is 8.68. The van der Waals surface area contributed by atoms with Crippen molar-refractivity contribution in [2.24, 2.45) is 5.73 Å². The fourth-order valence-corrected chi connectivity index (χ4v) is 1.23. The van der Waals surface area contributed by atoms with Gasteiger partial charge in [-0.15, -0.1) is 0 Å². The Bertz CT molecular complexity index is 299. The van der Waals surface area contributed by atoms with Gasteiger partial charge in [0.1, 0.15) is 5.82 Å². The number of hydrogen-bond acceptors (Lipinski definition) is 2. The molecular formula is C11H17FN2. The highest BCUT2D eigenvalue weighted by molar-refractivity contribution is 5.26. The Balaban J connectivity index is 2.59. The summed E-state index contributed by atoms with van der Waals surface area (Å²) in [7, 11) is 0. The quantitative estimate of drug-likeness (QED) is 0.767. The maximum atomic E-state index is 12.8. The van der Waals surface area contributed by atoms with Gasteiger partial charge >= 0.3 is 0 Å². The lowest BCUT2D eigenvalue weighted by atomic mass is 10.1. The number of nitrogens with one attached hydrogen (secondary N) is 1. The number of rotatable bonds is 4. The lowest BCUT2D eigenvalue weighted by molar-refractivity contribution is 0.554. The lowest BCUT2D eigenvalue weighted by Gasteiger charge is -2.12. The summed E-state index contributed by atoms with van der Waals surface area (Å²) in [5.74, 6) is -0.182. The molecule has 3 N–H and O–H groups in total. The Morgan fingerprint density at radius 3 is 2.79 bits per heavy atom. The highest BCUT2D eigenvalue weighted by atomic mass is 19.1. The summed E-state index contributed by atoms with van der Waals surface area (Å²) < 4.78 is 12.8. The van der Waals surface area contributed by atoms with Gasteiger partial charge in [-0.25, -0.2) is 4.39 Å². The molecule has 0 aliphatic rings. The second-order valence-electron chi connectivity index (χ2n) is 3.59. The van der Waals surface area contributed by atoms with E-state index in [1.54, 1.807) is 12.1 Å². The van der Waals surface area contributed by atoms with Crippen molar-refractivity contribution in [1.82, 2.24) is 5.32 Å². The van der Waals surface area contributed by atoms with Crippen LogP contribution in [0.25, 0.3) is 0 Å². The molecule has 14 heavy (non-hydrogen) atoms. The number of halogens is 1. The van der Waals surface area contributed by atoms with E-state index in [0.717, 1.165) is 17.7 Å². The number of aryl methyl sites for hydroxylation is 1. The topological polar surface area (TPSA) is 38.0 Å². The Morgan fingerprint density at radius 2 is 2.21 bits per heavy atom. The SMILES string of the molecule is Cc1cc(F)ccc1CNC(C)CN. The highest BCUT2D eigenvalue weighted by Gasteiger charge is 2.02. The van der Waals surface area contributed by atoms with Gasteiger partial charge < -0.3 is 11.1 Å². The van der Waals surface area contributed by atoms with E-state index < -0.39 is 0 Å². The molecule has 0 aromatic heterocycles. The summed E-state index contributed by atoms with van der Waals surface area (Å²) >= 11 is 0. The molecule has 0 aliphatic carbocycles. The minimum Gasteiger partial charge on any atom is -0.329 e. The lowest BCUT2D eigenvalue weighted by Crippen LogP contribution is -2.32. The van der Waals surface area contributed by atoms with Gasteiger partial charge in [-0.1, -0.05) is 6.07 Å². The second kappa shape index (κ2) is 5.08. The van der Waals surface area contributed by atoms with Crippen molar-refractivity contribution in [1.29, 1.82) is 0 Å². The van der Waals surface area contributed by atoms with Crippen LogP contribution in [0, 0.1) is 12.7 Å². The van der Waals surface area contributed by atoms with Crippen LogP contribution in [0.15, 0.2) is 18.2 Å². The van der Waals surface area contributed by atoms with Crippen LogP contribution >= 0.6 is 0 Å². The minimum atomic E-state index is -0.182. The number of hydrogen-bond donors (Lipinski definition) is 2. The fourth-order valence-electron chi connectivity index (χ4n) is 1.23.